The minimum Gasteiger partial charge on any atom is -0.473 e. The van der Waals surface area contributed by atoms with Crippen molar-refractivity contribution in [3.05, 3.63) is 30.1 Å². The van der Waals surface area contributed by atoms with Crippen molar-refractivity contribution in [3.63, 3.8) is 0 Å². The number of benzene rings is 1. The fraction of sp³-hybridized carbons (Fsp3) is 0.389. The summed E-state index contributed by atoms with van der Waals surface area (Å²) in [6.07, 6.45) is 0. The lowest BCUT2D eigenvalue weighted by atomic mass is 10.3. The largest absolute Gasteiger partial charge is 0.473 e. The molecule has 1 aromatic rings. The van der Waals surface area contributed by atoms with E-state index in [0.29, 0.717) is 12.2 Å². The number of hydrogen-bond acceptors (Lipinski definition) is 7. The summed E-state index contributed by atoms with van der Waals surface area (Å²) in [4.78, 5) is 52.8. The Morgan fingerprint density at radius 3 is 1.55 bits per heavy atom. The standard InChI is InChI=1S/C14H20FN3O.2C2H2O4/c1-2-17-7-9-18(10-8-17)11-14(19)16-13-5-3-12(15)4-6-13;2*3-1(4)2(5)6/h3-6H,2,7-11H2,1H3,(H,16,19);2*(H,3,4)(H,5,6). The predicted molar refractivity (Wildman–Crippen MR) is 104 cm³/mol. The van der Waals surface area contributed by atoms with Crippen LogP contribution in [0.3, 0.4) is 0 Å². The smallest absolute Gasteiger partial charge is 0.414 e. The maximum atomic E-state index is 12.7. The van der Waals surface area contributed by atoms with Crippen LogP contribution in [0.1, 0.15) is 6.92 Å². The van der Waals surface area contributed by atoms with Crippen LogP contribution in [0.2, 0.25) is 0 Å². The summed E-state index contributed by atoms with van der Waals surface area (Å²) < 4.78 is 12.7. The number of rotatable bonds is 4. The zero-order valence-corrected chi connectivity index (χ0v) is 16.7. The van der Waals surface area contributed by atoms with Crippen molar-refractivity contribution in [2.24, 2.45) is 0 Å². The number of aliphatic carboxylic acids is 4. The molecule has 5 N–H and O–H groups in total. The van der Waals surface area contributed by atoms with E-state index in [1.807, 2.05) is 0 Å². The third kappa shape index (κ3) is 13.3. The quantitative estimate of drug-likeness (QED) is 0.384. The number of halogens is 1. The maximum absolute atomic E-state index is 12.7. The van der Waals surface area contributed by atoms with Crippen LogP contribution in [-0.2, 0) is 24.0 Å². The van der Waals surface area contributed by atoms with Crippen LogP contribution in [0.15, 0.2) is 24.3 Å². The van der Waals surface area contributed by atoms with E-state index in [1.165, 1.54) is 12.1 Å². The number of carboxylic acids is 4. The van der Waals surface area contributed by atoms with E-state index in [1.54, 1.807) is 12.1 Å². The average Bonchev–Trinajstić information content (AvgIpc) is 2.71. The Bertz CT molecular complexity index is 715. The molecule has 0 spiro atoms. The lowest BCUT2D eigenvalue weighted by Gasteiger charge is -2.33. The Labute approximate surface area is 176 Å². The number of amides is 1. The number of carbonyl (C=O) groups excluding carboxylic acids is 1. The van der Waals surface area contributed by atoms with Crippen molar-refractivity contribution >= 4 is 35.5 Å². The van der Waals surface area contributed by atoms with E-state index in [4.69, 9.17) is 39.6 Å². The Hall–Kier alpha value is -3.58. The summed E-state index contributed by atoms with van der Waals surface area (Å²) in [6.45, 7) is 7.48. The minimum absolute atomic E-state index is 0.0449. The summed E-state index contributed by atoms with van der Waals surface area (Å²) in [5.74, 6) is -7.64. The summed E-state index contributed by atoms with van der Waals surface area (Å²) in [5.41, 5.74) is 0.638. The normalized spacial score (nSPS) is 13.5. The molecule has 0 bridgehead atoms. The highest BCUT2D eigenvalue weighted by molar-refractivity contribution is 6.27. The monoisotopic (exact) mass is 445 g/mol. The van der Waals surface area contributed by atoms with Gasteiger partial charge in [-0.05, 0) is 30.8 Å². The van der Waals surface area contributed by atoms with E-state index < -0.39 is 23.9 Å². The van der Waals surface area contributed by atoms with Gasteiger partial charge in [0.05, 0.1) is 6.54 Å². The highest BCUT2D eigenvalue weighted by Crippen LogP contribution is 2.08. The fourth-order valence-electron chi connectivity index (χ4n) is 2.20. The Kier molecular flexibility index (Phi) is 12.7. The third-order valence-electron chi connectivity index (χ3n) is 3.77. The lowest BCUT2D eigenvalue weighted by molar-refractivity contribution is -0.159. The molecule has 0 aliphatic carbocycles. The van der Waals surface area contributed by atoms with Crippen LogP contribution in [-0.4, -0.2) is 99.3 Å². The van der Waals surface area contributed by atoms with Gasteiger partial charge in [-0.1, -0.05) is 6.92 Å². The third-order valence-corrected chi connectivity index (χ3v) is 3.77. The zero-order chi connectivity index (χ0) is 24.0. The molecule has 0 radical (unpaired) electrons. The van der Waals surface area contributed by atoms with Gasteiger partial charge in [-0.2, -0.15) is 0 Å². The number of nitrogens with one attached hydrogen (secondary N) is 1. The molecule has 0 aromatic heterocycles. The number of nitrogens with zero attached hydrogens (tertiary/aromatic N) is 2. The predicted octanol–water partition coefficient (Wildman–Crippen LogP) is -0.287. The van der Waals surface area contributed by atoms with Crippen molar-refractivity contribution in [2.45, 2.75) is 6.92 Å². The second-order valence-electron chi connectivity index (χ2n) is 5.99. The number of anilines is 1. The van der Waals surface area contributed by atoms with Crippen molar-refractivity contribution in [1.29, 1.82) is 0 Å². The van der Waals surface area contributed by atoms with Crippen LogP contribution < -0.4 is 5.32 Å². The van der Waals surface area contributed by atoms with E-state index >= 15 is 0 Å². The first-order valence-corrected chi connectivity index (χ1v) is 8.88. The highest BCUT2D eigenvalue weighted by Gasteiger charge is 2.17. The van der Waals surface area contributed by atoms with Crippen LogP contribution in [0.5, 0.6) is 0 Å². The first-order valence-electron chi connectivity index (χ1n) is 8.88. The summed E-state index contributed by atoms with van der Waals surface area (Å²) in [5, 5.41) is 32.3. The van der Waals surface area contributed by atoms with Gasteiger partial charge in [-0.3, -0.25) is 9.69 Å². The second-order valence-corrected chi connectivity index (χ2v) is 5.99. The second kappa shape index (κ2) is 14.4. The molecule has 31 heavy (non-hydrogen) atoms. The number of piperazine rings is 1. The maximum Gasteiger partial charge on any atom is 0.414 e. The van der Waals surface area contributed by atoms with Gasteiger partial charge in [0.25, 0.3) is 0 Å². The van der Waals surface area contributed by atoms with Gasteiger partial charge in [-0.25, -0.2) is 23.6 Å². The molecule has 13 heteroatoms. The van der Waals surface area contributed by atoms with E-state index in [0.717, 1.165) is 32.7 Å². The summed E-state index contributed by atoms with van der Waals surface area (Å²) in [7, 11) is 0. The molecule has 1 saturated heterocycles. The molecule has 1 fully saturated rings. The van der Waals surface area contributed by atoms with Gasteiger partial charge >= 0.3 is 23.9 Å². The number of hydrogen-bond donors (Lipinski definition) is 5. The van der Waals surface area contributed by atoms with Gasteiger partial charge in [0, 0.05) is 31.9 Å². The number of carboxylic acid groups (broad SMARTS) is 4. The van der Waals surface area contributed by atoms with Gasteiger partial charge in [0.15, 0.2) is 0 Å². The molecule has 12 nitrogen and oxygen atoms in total. The van der Waals surface area contributed by atoms with Crippen LogP contribution in [0.25, 0.3) is 0 Å². The molecule has 2 rings (SSSR count). The van der Waals surface area contributed by atoms with Gasteiger partial charge in [0.2, 0.25) is 5.91 Å². The van der Waals surface area contributed by atoms with E-state index in [2.05, 4.69) is 22.0 Å². The Morgan fingerprint density at radius 2 is 1.19 bits per heavy atom. The molecular formula is C18H24FN3O9. The molecule has 0 atom stereocenters. The number of likely N-dealkylation sites (N-methyl/N-ethyl adjacent to an activating group) is 1. The van der Waals surface area contributed by atoms with Gasteiger partial charge in [0.1, 0.15) is 5.82 Å². The SMILES string of the molecule is CCN1CCN(CC(=O)Nc2ccc(F)cc2)CC1.O=C(O)C(=O)O.O=C(O)C(=O)O. The van der Waals surface area contributed by atoms with E-state index in [-0.39, 0.29) is 11.7 Å². The average molecular weight is 445 g/mol. The first-order chi connectivity index (χ1) is 14.5. The van der Waals surface area contributed by atoms with Gasteiger partial charge in [-0.15, -0.1) is 0 Å². The van der Waals surface area contributed by atoms with E-state index in [9.17, 15) is 9.18 Å². The molecule has 0 unspecified atom stereocenters. The first kappa shape index (κ1) is 27.4. The fourth-order valence-corrected chi connectivity index (χ4v) is 2.20. The van der Waals surface area contributed by atoms with Crippen LogP contribution in [0.4, 0.5) is 10.1 Å². The molecular weight excluding hydrogens is 421 g/mol. The highest BCUT2D eigenvalue weighted by atomic mass is 19.1. The van der Waals surface area contributed by atoms with Crippen molar-refractivity contribution < 1.29 is 48.8 Å². The topological polar surface area (TPSA) is 185 Å². The number of carbonyl (C=O) groups is 5. The lowest BCUT2D eigenvalue weighted by Crippen LogP contribution is -2.48. The zero-order valence-electron chi connectivity index (χ0n) is 16.7. The van der Waals surface area contributed by atoms with Crippen molar-refractivity contribution in [3.8, 4) is 0 Å². The molecule has 1 heterocycles. The molecule has 0 saturated carbocycles. The Balaban J connectivity index is 0.000000620. The Morgan fingerprint density at radius 1 is 0.806 bits per heavy atom. The van der Waals surface area contributed by atoms with Gasteiger partial charge < -0.3 is 30.6 Å². The molecule has 172 valence electrons. The van der Waals surface area contributed by atoms with Crippen molar-refractivity contribution in [2.75, 3.05) is 44.6 Å². The molecule has 1 aliphatic rings. The van der Waals surface area contributed by atoms with Crippen LogP contribution >= 0.6 is 0 Å². The minimum atomic E-state index is -1.82. The summed E-state index contributed by atoms with van der Waals surface area (Å²) >= 11 is 0. The molecule has 1 aromatic carbocycles. The summed E-state index contributed by atoms with van der Waals surface area (Å²) in [6, 6.07) is 5.83. The van der Waals surface area contributed by atoms with Crippen molar-refractivity contribution in [1.82, 2.24) is 9.80 Å². The molecule has 1 aliphatic heterocycles. The molecule has 1 amide bonds. The van der Waals surface area contributed by atoms with Crippen LogP contribution in [0, 0.1) is 5.82 Å².